The van der Waals surface area contributed by atoms with Crippen LogP contribution in [0.25, 0.3) is 0 Å². The molecule has 1 aliphatic rings. The lowest BCUT2D eigenvalue weighted by Crippen LogP contribution is -2.34. The molecule has 3 nitrogen and oxygen atoms in total. The van der Waals surface area contributed by atoms with Gasteiger partial charge in [0.2, 0.25) is 0 Å². The molecule has 0 heterocycles. The number of aliphatic hydroxyl groups excluding tert-OH is 1. The molecule has 2 rings (SSSR count). The number of hydrogen-bond acceptors (Lipinski definition) is 2. The van der Waals surface area contributed by atoms with Crippen molar-refractivity contribution in [2.45, 2.75) is 57.5 Å². The molecule has 2 N–H and O–H groups in total. The van der Waals surface area contributed by atoms with E-state index in [-0.39, 0.29) is 10.8 Å². The van der Waals surface area contributed by atoms with Gasteiger partial charge >= 0.3 is 5.97 Å². The van der Waals surface area contributed by atoms with Crippen LogP contribution in [-0.4, -0.2) is 16.2 Å². The average Bonchev–Trinajstić information content (AvgIpc) is 2.33. The fourth-order valence-corrected chi connectivity index (χ4v) is 2.92. The summed E-state index contributed by atoms with van der Waals surface area (Å²) in [4.78, 5) is 10.9. The summed E-state index contributed by atoms with van der Waals surface area (Å²) in [7, 11) is 0. The van der Waals surface area contributed by atoms with Crippen LogP contribution in [0, 0.1) is 0 Å². The molecule has 0 radical (unpaired) electrons. The zero-order chi connectivity index (χ0) is 14.4. The fourth-order valence-electron chi connectivity index (χ4n) is 2.92. The lowest BCUT2D eigenvalue weighted by molar-refractivity contribution is -0.146. The molecule has 1 unspecified atom stereocenters. The molecule has 0 fully saturated rings. The third-order valence-electron chi connectivity index (χ3n) is 4.43. The molecule has 3 heteroatoms. The van der Waals surface area contributed by atoms with Crippen LogP contribution >= 0.6 is 0 Å². The van der Waals surface area contributed by atoms with E-state index in [0.29, 0.717) is 5.56 Å². The van der Waals surface area contributed by atoms with E-state index in [2.05, 4.69) is 27.7 Å². The van der Waals surface area contributed by atoms with Crippen molar-refractivity contribution < 1.29 is 15.0 Å². The van der Waals surface area contributed by atoms with Gasteiger partial charge in [-0.2, -0.15) is 0 Å². The van der Waals surface area contributed by atoms with E-state index in [4.69, 9.17) is 5.11 Å². The minimum Gasteiger partial charge on any atom is -0.479 e. The lowest BCUT2D eigenvalue weighted by atomic mass is 9.63. The fraction of sp³-hybridized carbons (Fsp3) is 0.562. The van der Waals surface area contributed by atoms with Crippen LogP contribution in [0.4, 0.5) is 0 Å². The van der Waals surface area contributed by atoms with Gasteiger partial charge in [0.05, 0.1) is 0 Å². The molecule has 19 heavy (non-hydrogen) atoms. The Balaban J connectivity index is 2.56. The van der Waals surface area contributed by atoms with Crippen molar-refractivity contribution in [3.8, 4) is 0 Å². The molecule has 1 aromatic rings. The Bertz CT molecular complexity index is 515. The van der Waals surface area contributed by atoms with Gasteiger partial charge in [-0.05, 0) is 40.4 Å². The first-order valence-electron chi connectivity index (χ1n) is 6.71. The molecule has 0 saturated carbocycles. The second-order valence-corrected chi connectivity index (χ2v) is 6.81. The minimum atomic E-state index is -1.44. The largest absolute Gasteiger partial charge is 0.479 e. The Morgan fingerprint density at radius 1 is 1.11 bits per heavy atom. The first kappa shape index (κ1) is 14.1. The zero-order valence-corrected chi connectivity index (χ0v) is 12.0. The summed E-state index contributed by atoms with van der Waals surface area (Å²) in [6.07, 6.45) is 0.749. The lowest BCUT2D eigenvalue weighted by Gasteiger charge is -2.42. The number of carboxylic acid groups (broad SMARTS) is 1. The number of aliphatic hydroxyl groups is 1. The number of benzene rings is 1. The first-order valence-corrected chi connectivity index (χ1v) is 6.71. The van der Waals surface area contributed by atoms with Gasteiger partial charge in [-0.1, -0.05) is 45.9 Å². The quantitative estimate of drug-likeness (QED) is 0.860. The molecule has 1 atom stereocenters. The van der Waals surface area contributed by atoms with Crippen LogP contribution in [0.3, 0.4) is 0 Å². The van der Waals surface area contributed by atoms with Gasteiger partial charge in [-0.25, -0.2) is 4.79 Å². The molecular weight excluding hydrogens is 240 g/mol. The number of aliphatic carboxylic acids is 1. The molecule has 0 bridgehead atoms. The van der Waals surface area contributed by atoms with Crippen LogP contribution < -0.4 is 0 Å². The van der Waals surface area contributed by atoms with Gasteiger partial charge in [0.15, 0.2) is 6.10 Å². The summed E-state index contributed by atoms with van der Waals surface area (Å²) in [6, 6.07) is 5.59. The summed E-state index contributed by atoms with van der Waals surface area (Å²) >= 11 is 0. The number of fused-ring (bicyclic) bond motifs is 1. The second kappa shape index (κ2) is 4.34. The van der Waals surface area contributed by atoms with Crippen LogP contribution in [0.2, 0.25) is 0 Å². The van der Waals surface area contributed by atoms with Crippen LogP contribution in [0.1, 0.15) is 63.3 Å². The van der Waals surface area contributed by atoms with Crippen molar-refractivity contribution in [3.05, 3.63) is 34.9 Å². The van der Waals surface area contributed by atoms with Crippen molar-refractivity contribution in [2.24, 2.45) is 0 Å². The Morgan fingerprint density at radius 2 is 1.63 bits per heavy atom. The SMILES string of the molecule is CC1(C)CCC(C)(C)c2cc(C(O)C(=O)O)ccc21. The van der Waals surface area contributed by atoms with Crippen molar-refractivity contribution >= 4 is 5.97 Å². The molecular formula is C16H22O3. The second-order valence-electron chi connectivity index (χ2n) is 6.81. The maximum absolute atomic E-state index is 10.9. The van der Waals surface area contributed by atoms with Gasteiger partial charge in [0.1, 0.15) is 0 Å². The van der Waals surface area contributed by atoms with Crippen molar-refractivity contribution in [2.75, 3.05) is 0 Å². The monoisotopic (exact) mass is 262 g/mol. The summed E-state index contributed by atoms with van der Waals surface area (Å²) in [5.41, 5.74) is 3.04. The van der Waals surface area contributed by atoms with Crippen molar-refractivity contribution in [3.63, 3.8) is 0 Å². The minimum absolute atomic E-state index is 0.0269. The summed E-state index contributed by atoms with van der Waals surface area (Å²) in [5, 5.41) is 18.6. The zero-order valence-electron chi connectivity index (χ0n) is 12.0. The summed E-state index contributed by atoms with van der Waals surface area (Å²) < 4.78 is 0. The highest BCUT2D eigenvalue weighted by Gasteiger charge is 2.37. The van der Waals surface area contributed by atoms with E-state index >= 15 is 0 Å². The molecule has 0 aromatic heterocycles. The highest BCUT2D eigenvalue weighted by molar-refractivity contribution is 5.74. The predicted molar refractivity (Wildman–Crippen MR) is 74.3 cm³/mol. The molecule has 0 aliphatic heterocycles. The van der Waals surface area contributed by atoms with Gasteiger partial charge in [-0.3, -0.25) is 0 Å². The normalized spacial score (nSPS) is 21.5. The Morgan fingerprint density at radius 3 is 2.16 bits per heavy atom. The molecule has 0 amide bonds. The van der Waals surface area contributed by atoms with Gasteiger partial charge in [0, 0.05) is 0 Å². The smallest absolute Gasteiger partial charge is 0.337 e. The highest BCUT2D eigenvalue weighted by Crippen LogP contribution is 2.46. The van der Waals surface area contributed by atoms with E-state index in [1.165, 1.54) is 11.1 Å². The van der Waals surface area contributed by atoms with Crippen LogP contribution in [0.5, 0.6) is 0 Å². The Kier molecular flexibility index (Phi) is 3.21. The van der Waals surface area contributed by atoms with Gasteiger partial charge in [-0.15, -0.1) is 0 Å². The van der Waals surface area contributed by atoms with E-state index in [9.17, 15) is 9.90 Å². The third kappa shape index (κ3) is 2.39. The molecule has 104 valence electrons. The molecule has 1 aliphatic carbocycles. The Hall–Kier alpha value is -1.35. The number of carbonyl (C=O) groups is 1. The van der Waals surface area contributed by atoms with E-state index in [0.717, 1.165) is 12.8 Å². The van der Waals surface area contributed by atoms with E-state index < -0.39 is 12.1 Å². The first-order chi connectivity index (χ1) is 8.65. The molecule has 0 saturated heterocycles. The summed E-state index contributed by atoms with van der Waals surface area (Å²) in [6.45, 7) is 8.79. The Labute approximate surface area is 114 Å². The van der Waals surface area contributed by atoms with Crippen molar-refractivity contribution in [1.82, 2.24) is 0 Å². The van der Waals surface area contributed by atoms with Crippen LogP contribution in [0.15, 0.2) is 18.2 Å². The summed E-state index contributed by atoms with van der Waals surface area (Å²) in [5.74, 6) is -1.20. The van der Waals surface area contributed by atoms with Gasteiger partial charge < -0.3 is 10.2 Å². The third-order valence-corrected chi connectivity index (χ3v) is 4.43. The number of carboxylic acids is 1. The molecule has 0 spiro atoms. The van der Waals surface area contributed by atoms with E-state index in [1.807, 2.05) is 12.1 Å². The van der Waals surface area contributed by atoms with Crippen molar-refractivity contribution in [1.29, 1.82) is 0 Å². The predicted octanol–water partition coefficient (Wildman–Crippen LogP) is 3.15. The molecule has 1 aromatic carbocycles. The maximum Gasteiger partial charge on any atom is 0.337 e. The van der Waals surface area contributed by atoms with Gasteiger partial charge in [0.25, 0.3) is 0 Å². The number of hydrogen-bond donors (Lipinski definition) is 2. The van der Waals surface area contributed by atoms with Crippen LogP contribution in [-0.2, 0) is 15.6 Å². The van der Waals surface area contributed by atoms with E-state index in [1.54, 1.807) is 6.07 Å². The maximum atomic E-state index is 10.9. The topological polar surface area (TPSA) is 57.5 Å². The highest BCUT2D eigenvalue weighted by atomic mass is 16.4. The standard InChI is InChI=1S/C16H22O3/c1-15(2)7-8-16(3,4)12-9-10(5-6-11(12)15)13(17)14(18)19/h5-6,9,13,17H,7-8H2,1-4H3,(H,18,19). The average molecular weight is 262 g/mol. The number of rotatable bonds is 2.